The highest BCUT2D eigenvalue weighted by Gasteiger charge is 2.35. The van der Waals surface area contributed by atoms with Crippen LogP contribution in [-0.4, -0.2) is 44.8 Å². The number of likely N-dealkylation sites (tertiary alicyclic amines) is 1. The van der Waals surface area contributed by atoms with Crippen LogP contribution in [0.4, 0.5) is 4.39 Å². The Kier molecular flexibility index (Phi) is 5.58. The molecule has 0 spiro atoms. The van der Waals surface area contributed by atoms with E-state index in [0.29, 0.717) is 24.4 Å². The second kappa shape index (κ2) is 7.88. The zero-order valence-electron chi connectivity index (χ0n) is 13.9. The lowest BCUT2D eigenvalue weighted by Crippen LogP contribution is -2.33. The number of hydrogen-bond donors (Lipinski definition) is 1. The van der Waals surface area contributed by atoms with Gasteiger partial charge >= 0.3 is 5.97 Å². The number of carboxylic acids is 1. The summed E-state index contributed by atoms with van der Waals surface area (Å²) in [6.07, 6.45) is 0.809. The molecule has 0 aromatic heterocycles. The highest BCUT2D eigenvalue weighted by atomic mass is 32.2. The highest BCUT2D eigenvalue weighted by Crippen LogP contribution is 2.24. The lowest BCUT2D eigenvalue weighted by Gasteiger charge is -2.19. The maximum absolute atomic E-state index is 13.0. The predicted octanol–water partition coefficient (Wildman–Crippen LogP) is 2.48. The second-order valence-electron chi connectivity index (χ2n) is 6.18. The van der Waals surface area contributed by atoms with Gasteiger partial charge in [0.05, 0.1) is 18.5 Å². The van der Waals surface area contributed by atoms with Gasteiger partial charge in [-0.2, -0.15) is 0 Å². The van der Waals surface area contributed by atoms with Gasteiger partial charge in [0.25, 0.3) is 0 Å². The highest BCUT2D eigenvalue weighted by molar-refractivity contribution is 7.92. The molecule has 136 valence electrons. The molecule has 1 aliphatic heterocycles. The third-order valence-corrected chi connectivity index (χ3v) is 6.13. The first kappa shape index (κ1) is 18.4. The monoisotopic (exact) mass is 375 g/mol. The molecule has 2 aromatic rings. The third-order valence-electron chi connectivity index (χ3n) is 4.40. The van der Waals surface area contributed by atoms with E-state index in [1.807, 2.05) is 0 Å². The third kappa shape index (κ3) is 4.23. The van der Waals surface area contributed by atoms with E-state index in [1.54, 1.807) is 17.0 Å². The van der Waals surface area contributed by atoms with E-state index in [0.717, 1.165) is 5.56 Å². The number of rotatable bonds is 5. The smallest absolute Gasteiger partial charge is 0.335 e. The number of hydrogen-bond acceptors (Lipinski definition) is 3. The van der Waals surface area contributed by atoms with Crippen molar-refractivity contribution in [2.24, 2.45) is 0 Å². The molecular formula is C19H18FNO4S. The molecule has 1 amide bonds. The summed E-state index contributed by atoms with van der Waals surface area (Å²) < 4.78 is 25.6. The summed E-state index contributed by atoms with van der Waals surface area (Å²) in [7, 11) is 0. The van der Waals surface area contributed by atoms with Gasteiger partial charge < -0.3 is 14.6 Å². The molecule has 1 N–H and O–H groups in total. The summed E-state index contributed by atoms with van der Waals surface area (Å²) in [5.74, 6) is -1.46. The fraction of sp³-hybridized carbons (Fsp3) is 0.263. The fourth-order valence-corrected chi connectivity index (χ4v) is 4.37. The second-order valence-corrected chi connectivity index (χ2v) is 7.91. The number of nitrogens with zero attached hydrogens (tertiary/aromatic N) is 1. The molecule has 1 heterocycles. The van der Waals surface area contributed by atoms with Gasteiger partial charge in [-0.3, -0.25) is 4.79 Å². The van der Waals surface area contributed by atoms with E-state index in [4.69, 9.17) is 5.11 Å². The molecule has 0 saturated carbocycles. The molecule has 7 heteroatoms. The number of carbonyl (C=O) groups is 2. The van der Waals surface area contributed by atoms with Gasteiger partial charge in [0.1, 0.15) is 11.1 Å². The number of carbonyl (C=O) groups excluding carboxylic acids is 1. The van der Waals surface area contributed by atoms with Crippen LogP contribution in [0, 0.1) is 5.82 Å². The van der Waals surface area contributed by atoms with Crippen LogP contribution in [0.1, 0.15) is 22.3 Å². The number of benzene rings is 2. The van der Waals surface area contributed by atoms with Crippen LogP contribution in [-0.2, 0) is 22.4 Å². The number of halogens is 1. The van der Waals surface area contributed by atoms with Crippen LogP contribution < -0.4 is 0 Å². The Hall–Kier alpha value is -2.38. The van der Waals surface area contributed by atoms with Crippen LogP contribution in [0.15, 0.2) is 53.4 Å². The number of aromatic carboxylic acids is 1. The van der Waals surface area contributed by atoms with Crippen molar-refractivity contribution in [1.82, 2.24) is 4.90 Å². The molecule has 26 heavy (non-hydrogen) atoms. The molecule has 0 bridgehead atoms. The van der Waals surface area contributed by atoms with E-state index >= 15 is 0 Å². The summed E-state index contributed by atoms with van der Waals surface area (Å²) in [6, 6.07) is 11.8. The summed E-state index contributed by atoms with van der Waals surface area (Å²) in [4.78, 5) is 25.5. The minimum atomic E-state index is -1.28. The lowest BCUT2D eigenvalue weighted by molar-refractivity contribution is -0.129. The molecular weight excluding hydrogens is 357 g/mol. The van der Waals surface area contributed by atoms with Gasteiger partial charge in [0.15, 0.2) is 4.90 Å². The standard InChI is InChI=1S/C19H18FNO4S/c20-15-5-7-16(8-6-15)26(25)17-9-10-21(12-17)18(22)11-13-1-3-14(4-2-13)19(23)24/h1-8,17H,9-12H2,(H,23,24). The molecule has 2 unspecified atom stereocenters. The SMILES string of the molecule is O=C(O)c1ccc(CC(=O)N2CCC([S+]([O-])c3ccc(F)cc3)C2)cc1. The first-order valence-electron chi connectivity index (χ1n) is 8.20. The number of amides is 1. The molecule has 1 aliphatic rings. The van der Waals surface area contributed by atoms with Crippen molar-refractivity contribution in [2.45, 2.75) is 23.0 Å². The number of carboxylic acid groups (broad SMARTS) is 1. The largest absolute Gasteiger partial charge is 0.611 e. The van der Waals surface area contributed by atoms with Gasteiger partial charge in [-0.05, 0) is 53.1 Å². The Labute approximate surface area is 153 Å². The van der Waals surface area contributed by atoms with Crippen molar-refractivity contribution in [3.05, 3.63) is 65.5 Å². The van der Waals surface area contributed by atoms with Crippen LogP contribution in [0.25, 0.3) is 0 Å². The maximum Gasteiger partial charge on any atom is 0.335 e. The van der Waals surface area contributed by atoms with Gasteiger partial charge in [-0.15, -0.1) is 0 Å². The first-order chi connectivity index (χ1) is 12.4. The summed E-state index contributed by atoms with van der Waals surface area (Å²) >= 11 is -1.28. The Balaban J connectivity index is 1.58. The summed E-state index contributed by atoms with van der Waals surface area (Å²) in [6.45, 7) is 0.930. The fourth-order valence-electron chi connectivity index (χ4n) is 2.94. The Bertz CT molecular complexity index is 794. The topological polar surface area (TPSA) is 80.7 Å². The first-order valence-corrected chi connectivity index (χ1v) is 9.41. The molecule has 3 rings (SSSR count). The lowest BCUT2D eigenvalue weighted by atomic mass is 10.1. The minimum Gasteiger partial charge on any atom is -0.611 e. The maximum atomic E-state index is 13.0. The van der Waals surface area contributed by atoms with Gasteiger partial charge in [0.2, 0.25) is 5.91 Å². The Morgan fingerprint density at radius 3 is 2.42 bits per heavy atom. The molecule has 0 radical (unpaired) electrons. The van der Waals surface area contributed by atoms with Gasteiger partial charge in [0, 0.05) is 13.0 Å². The minimum absolute atomic E-state index is 0.0771. The van der Waals surface area contributed by atoms with Crippen molar-refractivity contribution in [3.63, 3.8) is 0 Å². The zero-order chi connectivity index (χ0) is 18.7. The van der Waals surface area contributed by atoms with Gasteiger partial charge in [-0.25, -0.2) is 9.18 Å². The zero-order valence-corrected chi connectivity index (χ0v) is 14.7. The summed E-state index contributed by atoms with van der Waals surface area (Å²) in [5, 5.41) is 8.73. The van der Waals surface area contributed by atoms with Crippen LogP contribution in [0.5, 0.6) is 0 Å². The quantitative estimate of drug-likeness (QED) is 0.814. The Morgan fingerprint density at radius 1 is 1.15 bits per heavy atom. The molecule has 2 aromatic carbocycles. The molecule has 1 saturated heterocycles. The molecule has 2 atom stereocenters. The molecule has 5 nitrogen and oxygen atoms in total. The van der Waals surface area contributed by atoms with E-state index in [1.165, 1.54) is 36.4 Å². The van der Waals surface area contributed by atoms with Crippen molar-refractivity contribution in [1.29, 1.82) is 0 Å². The van der Waals surface area contributed by atoms with Crippen LogP contribution in [0.2, 0.25) is 0 Å². The normalized spacial score (nSPS) is 17.9. The van der Waals surface area contributed by atoms with Crippen molar-refractivity contribution < 1.29 is 23.6 Å². The van der Waals surface area contributed by atoms with Crippen molar-refractivity contribution in [2.75, 3.05) is 13.1 Å². The van der Waals surface area contributed by atoms with E-state index in [2.05, 4.69) is 0 Å². The van der Waals surface area contributed by atoms with Crippen molar-refractivity contribution in [3.8, 4) is 0 Å². The predicted molar refractivity (Wildman–Crippen MR) is 94.9 cm³/mol. The van der Waals surface area contributed by atoms with Crippen molar-refractivity contribution >= 4 is 23.1 Å². The molecule has 0 aliphatic carbocycles. The van der Waals surface area contributed by atoms with E-state index < -0.39 is 17.1 Å². The average molecular weight is 375 g/mol. The molecule has 1 fully saturated rings. The van der Waals surface area contributed by atoms with Gasteiger partial charge in [-0.1, -0.05) is 12.1 Å². The van der Waals surface area contributed by atoms with E-state index in [9.17, 15) is 18.5 Å². The summed E-state index contributed by atoms with van der Waals surface area (Å²) in [5.41, 5.74) is 0.917. The van der Waals surface area contributed by atoms with E-state index in [-0.39, 0.29) is 29.0 Å². The van der Waals surface area contributed by atoms with Crippen LogP contribution in [0.3, 0.4) is 0 Å². The van der Waals surface area contributed by atoms with Crippen LogP contribution >= 0.6 is 0 Å². The Morgan fingerprint density at radius 2 is 1.81 bits per heavy atom. The average Bonchev–Trinajstić information content (AvgIpc) is 3.12.